The Bertz CT molecular complexity index is 515. The second-order valence-corrected chi connectivity index (χ2v) is 4.90. The molecule has 0 aliphatic heterocycles. The minimum Gasteiger partial charge on any atom is -0.326 e. The lowest BCUT2D eigenvalue weighted by molar-refractivity contribution is -0.116. The van der Waals surface area contributed by atoms with Gasteiger partial charge in [-0.15, -0.1) is 0 Å². The molecule has 0 radical (unpaired) electrons. The maximum Gasteiger partial charge on any atom is 0.225 e. The van der Waals surface area contributed by atoms with Crippen molar-refractivity contribution in [2.75, 3.05) is 17.2 Å². The molecule has 0 aromatic heterocycles. The molecule has 6 heteroatoms. The predicted octanol–water partition coefficient (Wildman–Crippen LogP) is 1.86. The van der Waals surface area contributed by atoms with Crippen LogP contribution in [0.15, 0.2) is 18.2 Å². The van der Waals surface area contributed by atoms with Crippen molar-refractivity contribution < 1.29 is 14.0 Å². The summed E-state index contributed by atoms with van der Waals surface area (Å²) in [6.45, 7) is 1.94. The van der Waals surface area contributed by atoms with Gasteiger partial charge in [0, 0.05) is 31.6 Å². The summed E-state index contributed by atoms with van der Waals surface area (Å²) in [6, 6.07) is 4.65. The predicted molar refractivity (Wildman–Crippen MR) is 75.0 cm³/mol. The normalized spacial score (nSPS) is 13.9. The van der Waals surface area contributed by atoms with Crippen LogP contribution in [0.25, 0.3) is 0 Å². The van der Waals surface area contributed by atoms with Gasteiger partial charge < -0.3 is 16.0 Å². The first-order valence-electron chi connectivity index (χ1n) is 6.65. The molecule has 1 fully saturated rings. The molecular formula is C14H18FN3O2. The summed E-state index contributed by atoms with van der Waals surface area (Å²) in [5, 5.41) is 8.30. The Morgan fingerprint density at radius 1 is 1.30 bits per heavy atom. The Hall–Kier alpha value is -1.95. The van der Waals surface area contributed by atoms with Crippen molar-refractivity contribution in [3.8, 4) is 0 Å². The quantitative estimate of drug-likeness (QED) is 0.744. The zero-order valence-electron chi connectivity index (χ0n) is 11.3. The molecule has 1 saturated carbocycles. The summed E-state index contributed by atoms with van der Waals surface area (Å²) in [4.78, 5) is 22.6. The highest BCUT2D eigenvalue weighted by Gasteiger charge is 2.20. The third kappa shape index (κ3) is 4.62. The third-order valence-corrected chi connectivity index (χ3v) is 2.92. The van der Waals surface area contributed by atoms with E-state index < -0.39 is 5.82 Å². The van der Waals surface area contributed by atoms with Crippen LogP contribution < -0.4 is 16.0 Å². The van der Waals surface area contributed by atoms with Gasteiger partial charge in [0.15, 0.2) is 0 Å². The van der Waals surface area contributed by atoms with Crippen molar-refractivity contribution >= 4 is 23.2 Å². The fourth-order valence-electron chi connectivity index (χ4n) is 1.79. The highest BCUT2D eigenvalue weighted by Crippen LogP contribution is 2.20. The lowest BCUT2D eigenvalue weighted by atomic mass is 10.2. The molecule has 1 aromatic carbocycles. The molecule has 108 valence electrons. The van der Waals surface area contributed by atoms with Crippen molar-refractivity contribution in [3.05, 3.63) is 24.0 Å². The van der Waals surface area contributed by atoms with E-state index in [-0.39, 0.29) is 17.5 Å². The number of nitrogens with one attached hydrogen (secondary N) is 3. The maximum absolute atomic E-state index is 13.4. The average Bonchev–Trinajstić information content (AvgIpc) is 3.17. The number of hydrogen-bond acceptors (Lipinski definition) is 3. The minimum atomic E-state index is -0.534. The third-order valence-electron chi connectivity index (χ3n) is 2.92. The number of rotatable bonds is 6. The Labute approximate surface area is 116 Å². The van der Waals surface area contributed by atoms with E-state index in [1.807, 2.05) is 0 Å². The summed E-state index contributed by atoms with van der Waals surface area (Å²) in [6.07, 6.45) is 2.72. The van der Waals surface area contributed by atoms with E-state index in [9.17, 15) is 14.0 Å². The molecule has 1 aromatic rings. The summed E-state index contributed by atoms with van der Waals surface area (Å²) in [5.41, 5.74) is 0.526. The fourth-order valence-corrected chi connectivity index (χ4v) is 1.79. The summed E-state index contributed by atoms with van der Waals surface area (Å²) >= 11 is 0. The maximum atomic E-state index is 13.4. The molecule has 2 rings (SSSR count). The Balaban J connectivity index is 1.87. The smallest absolute Gasteiger partial charge is 0.225 e. The van der Waals surface area contributed by atoms with Crippen molar-refractivity contribution in [1.82, 2.24) is 5.32 Å². The number of benzene rings is 1. The molecule has 1 aliphatic rings. The number of hydrogen-bond donors (Lipinski definition) is 3. The van der Waals surface area contributed by atoms with Crippen LogP contribution >= 0.6 is 0 Å². The molecule has 0 bridgehead atoms. The molecule has 0 spiro atoms. The van der Waals surface area contributed by atoms with Crippen LogP contribution in [0.1, 0.15) is 26.2 Å². The topological polar surface area (TPSA) is 70.2 Å². The second kappa shape index (κ2) is 6.47. The van der Waals surface area contributed by atoms with Crippen LogP contribution in [0.5, 0.6) is 0 Å². The van der Waals surface area contributed by atoms with Crippen LogP contribution in [0, 0.1) is 5.82 Å². The largest absolute Gasteiger partial charge is 0.326 e. The van der Waals surface area contributed by atoms with Gasteiger partial charge in [-0.2, -0.15) is 0 Å². The van der Waals surface area contributed by atoms with Crippen molar-refractivity contribution in [2.24, 2.45) is 0 Å². The molecular weight excluding hydrogens is 261 g/mol. The second-order valence-electron chi connectivity index (χ2n) is 4.90. The first-order valence-corrected chi connectivity index (χ1v) is 6.65. The van der Waals surface area contributed by atoms with Crippen molar-refractivity contribution in [1.29, 1.82) is 0 Å². The standard InChI is InChI=1S/C14H18FN3O2/c1-9(19)17-13-8-11(4-5-12(13)15)18-14(20)6-7-16-10-2-3-10/h4-5,8,10,16H,2-3,6-7H2,1H3,(H,17,19)(H,18,20). The van der Waals surface area contributed by atoms with Gasteiger partial charge >= 0.3 is 0 Å². The molecule has 0 unspecified atom stereocenters. The van der Waals surface area contributed by atoms with Crippen molar-refractivity contribution in [2.45, 2.75) is 32.2 Å². The van der Waals surface area contributed by atoms with E-state index in [1.54, 1.807) is 0 Å². The number of carbonyl (C=O) groups excluding carboxylic acids is 2. The lowest BCUT2D eigenvalue weighted by Gasteiger charge is -2.09. The molecule has 20 heavy (non-hydrogen) atoms. The van der Waals surface area contributed by atoms with E-state index in [2.05, 4.69) is 16.0 Å². The van der Waals surface area contributed by atoms with Gasteiger partial charge in [0.25, 0.3) is 0 Å². The SMILES string of the molecule is CC(=O)Nc1cc(NC(=O)CCNC2CC2)ccc1F. The highest BCUT2D eigenvalue weighted by molar-refractivity contribution is 5.93. The molecule has 0 saturated heterocycles. The molecule has 3 N–H and O–H groups in total. The Morgan fingerprint density at radius 3 is 2.70 bits per heavy atom. The highest BCUT2D eigenvalue weighted by atomic mass is 19.1. The van der Waals surface area contributed by atoms with Gasteiger partial charge in [0.2, 0.25) is 11.8 Å². The number of amides is 2. The number of halogens is 1. The fraction of sp³-hybridized carbons (Fsp3) is 0.429. The minimum absolute atomic E-state index is 0.0615. The number of carbonyl (C=O) groups is 2. The van der Waals surface area contributed by atoms with Gasteiger partial charge in [-0.3, -0.25) is 9.59 Å². The van der Waals surface area contributed by atoms with Crippen molar-refractivity contribution in [3.63, 3.8) is 0 Å². The number of anilines is 2. The molecule has 0 atom stereocenters. The molecule has 0 heterocycles. The summed E-state index contributed by atoms with van der Waals surface area (Å²) < 4.78 is 13.4. The van der Waals surface area contributed by atoms with E-state index >= 15 is 0 Å². The first kappa shape index (κ1) is 14.5. The van der Waals surface area contributed by atoms with Crippen LogP contribution in [-0.4, -0.2) is 24.4 Å². The van der Waals surface area contributed by atoms with Gasteiger partial charge in [-0.1, -0.05) is 0 Å². The summed E-state index contributed by atoms with van der Waals surface area (Å²) in [5.74, 6) is -1.03. The Kier molecular flexibility index (Phi) is 4.68. The average molecular weight is 279 g/mol. The zero-order valence-corrected chi connectivity index (χ0v) is 11.3. The molecule has 2 amide bonds. The zero-order chi connectivity index (χ0) is 14.5. The Morgan fingerprint density at radius 2 is 2.05 bits per heavy atom. The van der Waals surface area contributed by atoms with Crippen LogP contribution in [0.2, 0.25) is 0 Å². The van der Waals surface area contributed by atoms with Gasteiger partial charge in [0.05, 0.1) is 5.69 Å². The van der Waals surface area contributed by atoms with Crippen LogP contribution in [-0.2, 0) is 9.59 Å². The van der Waals surface area contributed by atoms with E-state index in [4.69, 9.17) is 0 Å². The van der Waals surface area contributed by atoms with Crippen LogP contribution in [0.4, 0.5) is 15.8 Å². The monoisotopic (exact) mass is 279 g/mol. The van der Waals surface area contributed by atoms with Gasteiger partial charge in [-0.05, 0) is 31.0 Å². The van der Waals surface area contributed by atoms with E-state index in [1.165, 1.54) is 38.0 Å². The molecule has 5 nitrogen and oxygen atoms in total. The first-order chi connectivity index (χ1) is 9.54. The van der Waals surface area contributed by atoms with Gasteiger partial charge in [0.1, 0.15) is 5.82 Å². The van der Waals surface area contributed by atoms with E-state index in [0.717, 1.165) is 0 Å². The van der Waals surface area contributed by atoms with E-state index in [0.29, 0.717) is 24.7 Å². The lowest BCUT2D eigenvalue weighted by Crippen LogP contribution is -2.23. The molecule has 1 aliphatic carbocycles. The van der Waals surface area contributed by atoms with Crippen LogP contribution in [0.3, 0.4) is 0 Å². The van der Waals surface area contributed by atoms with Gasteiger partial charge in [-0.25, -0.2) is 4.39 Å². The summed E-state index contributed by atoms with van der Waals surface area (Å²) in [7, 11) is 0.